The quantitative estimate of drug-likeness (QED) is 0.663. The minimum absolute atomic E-state index is 0.0287. The second-order valence-corrected chi connectivity index (χ2v) is 8.50. The van der Waals surface area contributed by atoms with Crippen LogP contribution in [0.3, 0.4) is 0 Å². The number of carbonyl (C=O) groups is 1. The molecule has 1 aliphatic rings. The summed E-state index contributed by atoms with van der Waals surface area (Å²) in [6.07, 6.45) is 6.10. The van der Waals surface area contributed by atoms with Gasteiger partial charge in [-0.05, 0) is 37.1 Å². The van der Waals surface area contributed by atoms with Crippen LogP contribution in [0.25, 0.3) is 5.82 Å². The topological polar surface area (TPSA) is 109 Å². The summed E-state index contributed by atoms with van der Waals surface area (Å²) in [6.45, 7) is 1.80. The highest BCUT2D eigenvalue weighted by molar-refractivity contribution is 7.88. The molecule has 0 radical (unpaired) electrons. The van der Waals surface area contributed by atoms with E-state index in [0.717, 1.165) is 5.82 Å². The lowest BCUT2D eigenvalue weighted by Crippen LogP contribution is -2.43. The van der Waals surface area contributed by atoms with Crippen molar-refractivity contribution in [3.63, 3.8) is 0 Å². The zero-order valence-corrected chi connectivity index (χ0v) is 16.0. The first-order valence-corrected chi connectivity index (χ1v) is 10.7. The standard InChI is InChI=1S/C17H24N6O3S/c1-27(25,26)23-12-6-14(7-13-23)17(24)19-9-8-18-15-4-5-16(21-20-15)22-10-2-3-11-22/h2-5,10-11,14H,6-9,12-13H2,1H3,(H,18,20)(H,19,24). The molecule has 0 spiro atoms. The molecular formula is C17H24N6O3S. The van der Waals surface area contributed by atoms with E-state index in [1.54, 1.807) is 0 Å². The second-order valence-electron chi connectivity index (χ2n) is 6.52. The van der Waals surface area contributed by atoms with Gasteiger partial charge in [-0.25, -0.2) is 12.7 Å². The molecule has 10 heteroatoms. The molecule has 0 aliphatic carbocycles. The van der Waals surface area contributed by atoms with Crippen LogP contribution in [-0.2, 0) is 14.8 Å². The Morgan fingerprint density at radius 2 is 1.85 bits per heavy atom. The van der Waals surface area contributed by atoms with E-state index in [-0.39, 0.29) is 11.8 Å². The van der Waals surface area contributed by atoms with Crippen LogP contribution >= 0.6 is 0 Å². The Balaban J connectivity index is 1.37. The van der Waals surface area contributed by atoms with Crippen LogP contribution in [-0.4, -0.2) is 65.8 Å². The number of carbonyl (C=O) groups excluding carboxylic acids is 1. The normalized spacial score (nSPS) is 16.2. The first kappa shape index (κ1) is 19.3. The van der Waals surface area contributed by atoms with E-state index >= 15 is 0 Å². The fraction of sp³-hybridized carbons (Fsp3) is 0.471. The number of nitrogens with zero attached hydrogens (tertiary/aromatic N) is 4. The predicted molar refractivity (Wildman–Crippen MR) is 102 cm³/mol. The lowest BCUT2D eigenvalue weighted by Gasteiger charge is -2.29. The molecule has 0 saturated carbocycles. The van der Waals surface area contributed by atoms with E-state index in [9.17, 15) is 13.2 Å². The smallest absolute Gasteiger partial charge is 0.223 e. The van der Waals surface area contributed by atoms with E-state index in [0.29, 0.717) is 44.8 Å². The van der Waals surface area contributed by atoms with Crippen LogP contribution in [0.5, 0.6) is 0 Å². The van der Waals surface area contributed by atoms with Crippen molar-refractivity contribution in [2.45, 2.75) is 12.8 Å². The number of rotatable bonds is 7. The van der Waals surface area contributed by atoms with Gasteiger partial charge >= 0.3 is 0 Å². The van der Waals surface area contributed by atoms with Crippen molar-refractivity contribution in [2.24, 2.45) is 5.92 Å². The highest BCUT2D eigenvalue weighted by atomic mass is 32.2. The third-order valence-electron chi connectivity index (χ3n) is 4.54. The van der Waals surface area contributed by atoms with Crippen LogP contribution in [0, 0.1) is 5.92 Å². The Kier molecular flexibility index (Phi) is 6.07. The fourth-order valence-electron chi connectivity index (χ4n) is 3.01. The third kappa shape index (κ3) is 5.27. The maximum Gasteiger partial charge on any atom is 0.223 e. The average Bonchev–Trinajstić information content (AvgIpc) is 3.20. The summed E-state index contributed by atoms with van der Waals surface area (Å²) in [4.78, 5) is 12.2. The summed E-state index contributed by atoms with van der Waals surface area (Å²) in [7, 11) is -3.17. The summed E-state index contributed by atoms with van der Waals surface area (Å²) >= 11 is 0. The number of nitrogens with one attached hydrogen (secondary N) is 2. The predicted octanol–water partition coefficient (Wildman–Crippen LogP) is 0.467. The van der Waals surface area contributed by atoms with E-state index in [4.69, 9.17) is 0 Å². The van der Waals surface area contributed by atoms with Crippen molar-refractivity contribution < 1.29 is 13.2 Å². The molecule has 1 aliphatic heterocycles. The van der Waals surface area contributed by atoms with Gasteiger partial charge in [-0.2, -0.15) is 0 Å². The van der Waals surface area contributed by atoms with Crippen molar-refractivity contribution in [3.05, 3.63) is 36.7 Å². The van der Waals surface area contributed by atoms with Gasteiger partial charge in [0.2, 0.25) is 15.9 Å². The Hall–Kier alpha value is -2.46. The Bertz CT molecular complexity index is 843. The molecule has 0 atom stereocenters. The number of aromatic nitrogens is 3. The summed E-state index contributed by atoms with van der Waals surface area (Å²) in [5.41, 5.74) is 0. The lowest BCUT2D eigenvalue weighted by molar-refractivity contribution is -0.126. The molecule has 2 aromatic heterocycles. The van der Waals surface area contributed by atoms with E-state index in [2.05, 4.69) is 20.8 Å². The lowest BCUT2D eigenvalue weighted by atomic mass is 9.97. The van der Waals surface area contributed by atoms with E-state index in [1.165, 1.54) is 10.6 Å². The molecule has 0 bridgehead atoms. The van der Waals surface area contributed by atoms with Gasteiger partial charge in [0.1, 0.15) is 5.82 Å². The van der Waals surface area contributed by atoms with Gasteiger partial charge in [-0.15, -0.1) is 10.2 Å². The van der Waals surface area contributed by atoms with Gasteiger partial charge in [-0.3, -0.25) is 4.79 Å². The van der Waals surface area contributed by atoms with Gasteiger partial charge in [0.05, 0.1) is 6.26 Å². The summed E-state index contributed by atoms with van der Waals surface area (Å²) in [5.74, 6) is 1.21. The van der Waals surface area contributed by atoms with Crippen molar-refractivity contribution in [3.8, 4) is 5.82 Å². The van der Waals surface area contributed by atoms with Gasteiger partial charge in [-0.1, -0.05) is 0 Å². The highest BCUT2D eigenvalue weighted by Crippen LogP contribution is 2.19. The molecular weight excluding hydrogens is 368 g/mol. The Morgan fingerprint density at radius 1 is 1.15 bits per heavy atom. The van der Waals surface area contributed by atoms with Crippen molar-refractivity contribution >= 4 is 21.7 Å². The van der Waals surface area contributed by atoms with Gasteiger partial charge < -0.3 is 15.2 Å². The molecule has 27 heavy (non-hydrogen) atoms. The largest absolute Gasteiger partial charge is 0.367 e. The first-order chi connectivity index (χ1) is 12.9. The second kappa shape index (κ2) is 8.49. The summed E-state index contributed by atoms with van der Waals surface area (Å²) in [5, 5.41) is 14.3. The Labute approximate surface area is 158 Å². The van der Waals surface area contributed by atoms with E-state index in [1.807, 2.05) is 41.2 Å². The summed E-state index contributed by atoms with van der Waals surface area (Å²) in [6, 6.07) is 7.54. The molecule has 0 aromatic carbocycles. The molecule has 3 heterocycles. The molecule has 0 unspecified atom stereocenters. The SMILES string of the molecule is CS(=O)(=O)N1CCC(C(=O)NCCNc2ccc(-n3cccc3)nn2)CC1. The molecule has 2 N–H and O–H groups in total. The first-order valence-electron chi connectivity index (χ1n) is 8.87. The molecule has 3 rings (SSSR count). The zero-order chi connectivity index (χ0) is 19.3. The monoisotopic (exact) mass is 392 g/mol. The number of hydrogen-bond acceptors (Lipinski definition) is 6. The minimum atomic E-state index is -3.17. The number of sulfonamides is 1. The van der Waals surface area contributed by atoms with Crippen molar-refractivity contribution in [1.82, 2.24) is 24.4 Å². The van der Waals surface area contributed by atoms with Crippen LogP contribution < -0.4 is 10.6 Å². The van der Waals surface area contributed by atoms with Crippen molar-refractivity contribution in [2.75, 3.05) is 37.8 Å². The number of piperidine rings is 1. The summed E-state index contributed by atoms with van der Waals surface area (Å²) < 4.78 is 26.3. The number of anilines is 1. The van der Waals surface area contributed by atoms with E-state index < -0.39 is 10.0 Å². The third-order valence-corrected chi connectivity index (χ3v) is 5.85. The molecule has 2 aromatic rings. The van der Waals surface area contributed by atoms with Crippen LogP contribution in [0.4, 0.5) is 5.82 Å². The van der Waals surface area contributed by atoms with Crippen molar-refractivity contribution in [1.29, 1.82) is 0 Å². The van der Waals surface area contributed by atoms with Gasteiger partial charge in [0.25, 0.3) is 0 Å². The highest BCUT2D eigenvalue weighted by Gasteiger charge is 2.28. The molecule has 1 saturated heterocycles. The Morgan fingerprint density at radius 3 is 2.44 bits per heavy atom. The maximum absolute atomic E-state index is 12.2. The van der Waals surface area contributed by atoms with Crippen LogP contribution in [0.15, 0.2) is 36.7 Å². The van der Waals surface area contributed by atoms with Crippen LogP contribution in [0.2, 0.25) is 0 Å². The fourth-order valence-corrected chi connectivity index (χ4v) is 3.89. The molecule has 9 nitrogen and oxygen atoms in total. The van der Waals surface area contributed by atoms with Gasteiger partial charge in [0, 0.05) is 44.5 Å². The molecule has 1 fully saturated rings. The maximum atomic E-state index is 12.2. The van der Waals surface area contributed by atoms with Gasteiger partial charge in [0.15, 0.2) is 5.82 Å². The number of amides is 1. The molecule has 146 valence electrons. The average molecular weight is 392 g/mol. The van der Waals surface area contributed by atoms with Crippen LogP contribution in [0.1, 0.15) is 12.8 Å². The minimum Gasteiger partial charge on any atom is -0.367 e. The molecule has 1 amide bonds. The number of hydrogen-bond donors (Lipinski definition) is 2. The zero-order valence-electron chi connectivity index (χ0n) is 15.2.